The number of rotatable bonds is 10. The van der Waals surface area contributed by atoms with E-state index in [-0.39, 0.29) is 5.75 Å². The lowest BCUT2D eigenvalue weighted by Crippen LogP contribution is -2.11. The highest BCUT2D eigenvalue weighted by Crippen LogP contribution is 2.35. The summed E-state index contributed by atoms with van der Waals surface area (Å²) in [5.74, 6) is 0.490. The molecule has 0 aliphatic rings. The molecule has 2 N–H and O–H groups in total. The van der Waals surface area contributed by atoms with E-state index in [4.69, 9.17) is 28.8 Å². The molecule has 0 saturated heterocycles. The lowest BCUT2D eigenvalue weighted by molar-refractivity contribution is -0.139. The van der Waals surface area contributed by atoms with E-state index in [1.807, 2.05) is 0 Å². The van der Waals surface area contributed by atoms with Crippen molar-refractivity contribution in [3.63, 3.8) is 0 Å². The first kappa shape index (κ1) is 22.4. The van der Waals surface area contributed by atoms with E-state index in [2.05, 4.69) is 5.32 Å². The van der Waals surface area contributed by atoms with Gasteiger partial charge < -0.3 is 34.1 Å². The van der Waals surface area contributed by atoms with Gasteiger partial charge in [-0.15, -0.1) is 0 Å². The number of anilines is 1. The smallest absolute Gasteiger partial charge is 0.341 e. The Morgan fingerprint density at radius 2 is 1.53 bits per heavy atom. The summed E-state index contributed by atoms with van der Waals surface area (Å²) in [5, 5.41) is 11.5. The Hall–Kier alpha value is -3.88. The van der Waals surface area contributed by atoms with Crippen LogP contribution in [0.4, 0.5) is 5.69 Å². The number of carbonyl (C=O) groups is 2. The number of methoxy groups -OCH3 is 4. The van der Waals surface area contributed by atoms with E-state index in [9.17, 15) is 9.59 Å². The van der Waals surface area contributed by atoms with Gasteiger partial charge in [0, 0.05) is 30.0 Å². The predicted molar refractivity (Wildman–Crippen MR) is 110 cm³/mol. The summed E-state index contributed by atoms with van der Waals surface area (Å²) in [7, 11) is 5.96. The van der Waals surface area contributed by atoms with Crippen LogP contribution < -0.4 is 29.0 Å². The highest BCUT2D eigenvalue weighted by Gasteiger charge is 2.12. The number of carboxylic acid groups (broad SMARTS) is 1. The maximum Gasteiger partial charge on any atom is 0.341 e. The van der Waals surface area contributed by atoms with E-state index >= 15 is 0 Å². The van der Waals surface area contributed by atoms with Crippen molar-refractivity contribution in [2.24, 2.45) is 0 Å². The van der Waals surface area contributed by atoms with Gasteiger partial charge in [-0.1, -0.05) is 0 Å². The van der Waals surface area contributed by atoms with Crippen molar-refractivity contribution >= 4 is 23.6 Å². The van der Waals surface area contributed by atoms with Crippen molar-refractivity contribution in [3.8, 4) is 28.7 Å². The molecule has 0 atom stereocenters. The summed E-state index contributed by atoms with van der Waals surface area (Å²) in [6.45, 7) is -0.537. The van der Waals surface area contributed by atoms with Crippen LogP contribution in [0.3, 0.4) is 0 Å². The number of aliphatic carboxylic acids is 1. The number of amides is 1. The number of carbonyl (C=O) groups excluding carboxylic acids is 1. The molecule has 9 heteroatoms. The topological polar surface area (TPSA) is 113 Å². The summed E-state index contributed by atoms with van der Waals surface area (Å²) >= 11 is 0. The lowest BCUT2D eigenvalue weighted by Gasteiger charge is -2.13. The predicted octanol–water partition coefficient (Wildman–Crippen LogP) is 2.84. The molecule has 0 unspecified atom stereocenters. The number of hydrogen-bond acceptors (Lipinski definition) is 7. The Morgan fingerprint density at radius 3 is 2.07 bits per heavy atom. The zero-order valence-electron chi connectivity index (χ0n) is 17.1. The van der Waals surface area contributed by atoms with Crippen LogP contribution in [0.2, 0.25) is 0 Å². The minimum Gasteiger partial charge on any atom is -0.496 e. The lowest BCUT2D eigenvalue weighted by atomic mass is 10.1. The van der Waals surface area contributed by atoms with Crippen LogP contribution in [0, 0.1) is 0 Å². The summed E-state index contributed by atoms with van der Waals surface area (Å²) < 4.78 is 26.2. The van der Waals surface area contributed by atoms with E-state index in [1.54, 1.807) is 30.3 Å². The third-order valence-corrected chi connectivity index (χ3v) is 3.94. The molecule has 0 fully saturated rings. The van der Waals surface area contributed by atoms with Crippen molar-refractivity contribution in [1.29, 1.82) is 0 Å². The largest absolute Gasteiger partial charge is 0.496 e. The molecule has 0 radical (unpaired) electrons. The molecule has 1 amide bonds. The standard InChI is InChI=1S/C21H23NO8/c1-26-14-10-17(28-3)15(18(11-14)29-4)6-8-20(23)22-13-5-7-16(27-2)19(9-13)30-12-21(24)25/h5-11H,12H2,1-4H3,(H,22,23)(H,24,25)/b8-6+. The fourth-order valence-electron chi connectivity index (χ4n) is 2.55. The van der Waals surface area contributed by atoms with Gasteiger partial charge in [-0.25, -0.2) is 4.79 Å². The van der Waals surface area contributed by atoms with Gasteiger partial charge >= 0.3 is 5.97 Å². The zero-order valence-corrected chi connectivity index (χ0v) is 17.1. The maximum absolute atomic E-state index is 12.4. The van der Waals surface area contributed by atoms with Crippen LogP contribution in [-0.4, -0.2) is 52.0 Å². The molecule has 0 spiro atoms. The Morgan fingerprint density at radius 1 is 0.900 bits per heavy atom. The Kier molecular flexibility index (Phi) is 7.92. The second-order valence-corrected chi connectivity index (χ2v) is 5.82. The monoisotopic (exact) mass is 417 g/mol. The number of nitrogens with one attached hydrogen (secondary N) is 1. The van der Waals surface area contributed by atoms with Crippen molar-refractivity contribution in [3.05, 3.63) is 42.0 Å². The van der Waals surface area contributed by atoms with Crippen LogP contribution in [0.5, 0.6) is 28.7 Å². The molecule has 0 bridgehead atoms. The molecular formula is C21H23NO8. The van der Waals surface area contributed by atoms with Gasteiger partial charge in [0.25, 0.3) is 0 Å². The van der Waals surface area contributed by atoms with Gasteiger partial charge in [-0.2, -0.15) is 0 Å². The average molecular weight is 417 g/mol. The van der Waals surface area contributed by atoms with Crippen molar-refractivity contribution in [1.82, 2.24) is 0 Å². The van der Waals surface area contributed by atoms with Crippen LogP contribution in [0.15, 0.2) is 36.4 Å². The third kappa shape index (κ3) is 5.81. The Balaban J connectivity index is 2.20. The van der Waals surface area contributed by atoms with E-state index < -0.39 is 18.5 Å². The fourth-order valence-corrected chi connectivity index (χ4v) is 2.55. The van der Waals surface area contributed by atoms with Crippen LogP contribution in [-0.2, 0) is 9.59 Å². The maximum atomic E-state index is 12.4. The quantitative estimate of drug-likeness (QED) is 0.568. The Bertz CT molecular complexity index is 914. The molecule has 0 aliphatic carbocycles. The fraction of sp³-hybridized carbons (Fsp3) is 0.238. The summed E-state index contributed by atoms with van der Waals surface area (Å²) in [6.07, 6.45) is 2.87. The van der Waals surface area contributed by atoms with E-state index in [0.717, 1.165) is 0 Å². The van der Waals surface area contributed by atoms with Gasteiger partial charge in [0.1, 0.15) is 17.2 Å². The van der Waals surface area contributed by atoms with Gasteiger partial charge in [0.2, 0.25) is 5.91 Å². The first-order valence-corrected chi connectivity index (χ1v) is 8.73. The Labute approximate surface area is 173 Å². The highest BCUT2D eigenvalue weighted by molar-refractivity contribution is 6.02. The number of carboxylic acids is 1. The normalized spacial score (nSPS) is 10.4. The molecular weight excluding hydrogens is 394 g/mol. The zero-order chi connectivity index (χ0) is 22.1. The number of hydrogen-bond donors (Lipinski definition) is 2. The molecule has 30 heavy (non-hydrogen) atoms. The van der Waals surface area contributed by atoms with E-state index in [0.29, 0.717) is 34.2 Å². The van der Waals surface area contributed by atoms with Crippen molar-refractivity contribution in [2.45, 2.75) is 0 Å². The van der Waals surface area contributed by atoms with Crippen LogP contribution >= 0.6 is 0 Å². The number of benzene rings is 2. The molecule has 160 valence electrons. The van der Waals surface area contributed by atoms with Crippen molar-refractivity contribution < 1.29 is 38.4 Å². The third-order valence-electron chi connectivity index (χ3n) is 3.94. The average Bonchev–Trinajstić information content (AvgIpc) is 2.75. The first-order valence-electron chi connectivity index (χ1n) is 8.73. The number of ether oxygens (including phenoxy) is 5. The van der Waals surface area contributed by atoms with Gasteiger partial charge in [0.05, 0.1) is 34.0 Å². The molecule has 0 heterocycles. The van der Waals surface area contributed by atoms with Crippen LogP contribution in [0.1, 0.15) is 5.56 Å². The molecule has 2 aromatic carbocycles. The molecule has 0 saturated carbocycles. The highest BCUT2D eigenvalue weighted by atomic mass is 16.5. The summed E-state index contributed by atoms with van der Waals surface area (Å²) in [4.78, 5) is 23.1. The molecule has 0 aromatic heterocycles. The SMILES string of the molecule is COc1cc(OC)c(/C=C/C(=O)Nc2ccc(OC)c(OCC(=O)O)c2)c(OC)c1. The van der Waals surface area contributed by atoms with Gasteiger partial charge in [0.15, 0.2) is 18.1 Å². The minimum atomic E-state index is -1.13. The molecule has 0 aliphatic heterocycles. The molecule has 2 rings (SSSR count). The van der Waals surface area contributed by atoms with E-state index in [1.165, 1.54) is 40.6 Å². The van der Waals surface area contributed by atoms with Gasteiger partial charge in [-0.3, -0.25) is 4.79 Å². The second-order valence-electron chi connectivity index (χ2n) is 5.82. The van der Waals surface area contributed by atoms with Crippen molar-refractivity contribution in [2.75, 3.05) is 40.4 Å². The van der Waals surface area contributed by atoms with Crippen LogP contribution in [0.25, 0.3) is 6.08 Å². The second kappa shape index (κ2) is 10.6. The minimum absolute atomic E-state index is 0.195. The first-order chi connectivity index (χ1) is 14.4. The van der Waals surface area contributed by atoms with Gasteiger partial charge in [-0.05, 0) is 18.2 Å². The molecule has 2 aromatic rings. The molecule has 9 nitrogen and oxygen atoms in total. The summed E-state index contributed by atoms with van der Waals surface area (Å²) in [6, 6.07) is 7.99. The summed E-state index contributed by atoms with van der Waals surface area (Å²) in [5.41, 5.74) is 0.968.